The summed E-state index contributed by atoms with van der Waals surface area (Å²) in [6.45, 7) is 4.17. The molecule has 13 heteroatoms. The zero-order valence-electron chi connectivity index (χ0n) is 21.7. The molecule has 0 radical (unpaired) electrons. The minimum absolute atomic E-state index is 0.00808. The second-order valence-electron chi connectivity index (χ2n) is 10.2. The van der Waals surface area contributed by atoms with Gasteiger partial charge in [-0.05, 0) is 60.2 Å². The van der Waals surface area contributed by atoms with Crippen LogP contribution >= 0.6 is 50.7 Å². The lowest BCUT2D eigenvalue weighted by atomic mass is 9.98. The van der Waals surface area contributed by atoms with E-state index < -0.39 is 31.2 Å². The fraction of sp³-hybridized carbons (Fsp3) is 0.333. The van der Waals surface area contributed by atoms with Gasteiger partial charge in [-0.15, -0.1) is 0 Å². The van der Waals surface area contributed by atoms with E-state index in [0.717, 1.165) is 23.0 Å². The van der Waals surface area contributed by atoms with Gasteiger partial charge in [0.2, 0.25) is 0 Å². The van der Waals surface area contributed by atoms with Crippen LogP contribution in [0.25, 0.3) is 0 Å². The third-order valence-corrected chi connectivity index (χ3v) is 14.0. The van der Waals surface area contributed by atoms with Crippen molar-refractivity contribution < 1.29 is 16.8 Å². The number of piperazine rings is 1. The molecule has 2 aliphatic heterocycles. The SMILES string of the molecule is Cc1ccc(S(=O)(=O)C2(CN3CCN(C)CC3)CN(S(=O)(=O)c3ccccc3Br)c3cc(Cl)c(Cl)c(Cl)c32)cc1. The number of hydrogen-bond donors (Lipinski definition) is 0. The lowest BCUT2D eigenvalue weighted by molar-refractivity contribution is 0.142. The summed E-state index contributed by atoms with van der Waals surface area (Å²) < 4.78 is 57.7. The molecule has 40 heavy (non-hydrogen) atoms. The Kier molecular flexibility index (Phi) is 8.31. The third kappa shape index (κ3) is 4.98. The van der Waals surface area contributed by atoms with Gasteiger partial charge in [-0.25, -0.2) is 16.8 Å². The molecule has 3 aromatic carbocycles. The van der Waals surface area contributed by atoms with E-state index in [9.17, 15) is 16.8 Å². The third-order valence-electron chi connectivity index (χ3n) is 7.59. The van der Waals surface area contributed by atoms with Crippen LogP contribution in [0.2, 0.25) is 15.1 Å². The van der Waals surface area contributed by atoms with E-state index in [1.54, 1.807) is 42.5 Å². The molecule has 1 fully saturated rings. The molecule has 0 aromatic heterocycles. The Balaban J connectivity index is 1.80. The summed E-state index contributed by atoms with van der Waals surface area (Å²) in [6.07, 6.45) is 0. The Morgan fingerprint density at radius 3 is 2.15 bits per heavy atom. The molecule has 214 valence electrons. The van der Waals surface area contributed by atoms with Crippen LogP contribution in [-0.4, -0.2) is 73.0 Å². The standard InChI is InChI=1S/C27H27BrCl3N3O4S2/c1-18-7-9-19(10-8-18)39(35,36)27(16-33-13-11-32(2)12-14-33)17-34(22-15-21(29)25(30)26(31)24(22)27)40(37,38)23-6-4-3-5-20(23)28/h3-10,15H,11-14,16-17H2,1-2H3. The highest BCUT2D eigenvalue weighted by molar-refractivity contribution is 9.10. The lowest BCUT2D eigenvalue weighted by Gasteiger charge is -2.39. The number of fused-ring (bicyclic) bond motifs is 1. The molecule has 0 spiro atoms. The minimum Gasteiger partial charge on any atom is -0.304 e. The van der Waals surface area contributed by atoms with Gasteiger partial charge < -0.3 is 4.90 Å². The zero-order chi connectivity index (χ0) is 29.0. The molecule has 0 amide bonds. The average Bonchev–Trinajstić information content (AvgIpc) is 3.25. The second kappa shape index (κ2) is 11.0. The highest BCUT2D eigenvalue weighted by atomic mass is 79.9. The monoisotopic (exact) mass is 705 g/mol. The minimum atomic E-state index is -4.26. The fourth-order valence-corrected chi connectivity index (χ4v) is 10.8. The first-order valence-corrected chi connectivity index (χ1v) is 17.3. The van der Waals surface area contributed by atoms with Crippen molar-refractivity contribution in [3.05, 3.63) is 85.3 Å². The predicted octanol–water partition coefficient (Wildman–Crippen LogP) is 5.84. The molecule has 0 aliphatic carbocycles. The van der Waals surface area contributed by atoms with Gasteiger partial charge in [-0.1, -0.05) is 64.6 Å². The summed E-state index contributed by atoms with van der Waals surface area (Å²) in [5.74, 6) is 0. The van der Waals surface area contributed by atoms with Gasteiger partial charge in [0, 0.05) is 42.8 Å². The molecule has 1 unspecified atom stereocenters. The van der Waals surface area contributed by atoms with Crippen LogP contribution in [0.3, 0.4) is 0 Å². The number of benzene rings is 3. The van der Waals surface area contributed by atoms with E-state index in [1.807, 2.05) is 18.9 Å². The van der Waals surface area contributed by atoms with Crippen molar-refractivity contribution in [2.45, 2.75) is 21.5 Å². The van der Waals surface area contributed by atoms with E-state index in [-0.39, 0.29) is 42.7 Å². The number of rotatable bonds is 6. The Hall–Kier alpha value is -1.37. The van der Waals surface area contributed by atoms with Crippen LogP contribution in [0.5, 0.6) is 0 Å². The molecule has 0 N–H and O–H groups in total. The quantitative estimate of drug-likeness (QED) is 0.300. The van der Waals surface area contributed by atoms with Crippen LogP contribution in [0.1, 0.15) is 11.1 Å². The van der Waals surface area contributed by atoms with Crippen molar-refractivity contribution in [1.82, 2.24) is 9.80 Å². The van der Waals surface area contributed by atoms with Crippen molar-refractivity contribution >= 4 is 76.3 Å². The average molecular weight is 708 g/mol. The maximum absolute atomic E-state index is 14.8. The van der Waals surface area contributed by atoms with E-state index in [2.05, 4.69) is 20.8 Å². The second-order valence-corrected chi connectivity index (χ2v) is 16.3. The molecular weight excluding hydrogens is 681 g/mol. The molecule has 0 bridgehead atoms. The molecule has 1 atom stereocenters. The molecular formula is C27H27BrCl3N3O4S2. The summed E-state index contributed by atoms with van der Waals surface area (Å²) in [5.41, 5.74) is 1.13. The highest BCUT2D eigenvalue weighted by Gasteiger charge is 2.58. The molecule has 1 saturated heterocycles. The lowest BCUT2D eigenvalue weighted by Crippen LogP contribution is -2.54. The Morgan fingerprint density at radius 1 is 0.900 bits per heavy atom. The number of aryl methyl sites for hydroxylation is 1. The smallest absolute Gasteiger partial charge is 0.265 e. The van der Waals surface area contributed by atoms with Gasteiger partial charge in [0.25, 0.3) is 10.0 Å². The molecule has 7 nitrogen and oxygen atoms in total. The summed E-state index contributed by atoms with van der Waals surface area (Å²) in [5, 5.41) is -0.0660. The van der Waals surface area contributed by atoms with Gasteiger partial charge in [0.05, 0.1) is 32.2 Å². The summed E-state index contributed by atoms with van der Waals surface area (Å²) in [6, 6.07) is 14.3. The number of sulfonamides is 1. The molecule has 0 saturated carbocycles. The van der Waals surface area contributed by atoms with E-state index in [0.29, 0.717) is 17.6 Å². The first-order valence-electron chi connectivity index (χ1n) is 12.5. The van der Waals surface area contributed by atoms with Gasteiger partial charge >= 0.3 is 0 Å². The molecule has 5 rings (SSSR count). The number of anilines is 1. The number of nitrogens with zero attached hydrogens (tertiary/aromatic N) is 3. The van der Waals surface area contributed by atoms with Crippen molar-refractivity contribution in [1.29, 1.82) is 0 Å². The van der Waals surface area contributed by atoms with Crippen LogP contribution in [0.15, 0.2) is 68.9 Å². The molecule has 2 aliphatic rings. The van der Waals surface area contributed by atoms with E-state index in [4.69, 9.17) is 34.8 Å². The number of halogens is 4. The Bertz CT molecular complexity index is 1680. The van der Waals surface area contributed by atoms with Gasteiger partial charge in [-0.3, -0.25) is 9.21 Å². The largest absolute Gasteiger partial charge is 0.304 e. The molecule has 2 heterocycles. The summed E-state index contributed by atoms with van der Waals surface area (Å²) >= 11 is 23.1. The van der Waals surface area contributed by atoms with Crippen LogP contribution < -0.4 is 4.31 Å². The van der Waals surface area contributed by atoms with E-state index in [1.165, 1.54) is 12.1 Å². The Labute approximate surface area is 258 Å². The maximum Gasteiger partial charge on any atom is 0.265 e. The van der Waals surface area contributed by atoms with Crippen molar-refractivity contribution in [2.24, 2.45) is 0 Å². The maximum atomic E-state index is 14.8. The van der Waals surface area contributed by atoms with Crippen molar-refractivity contribution in [2.75, 3.05) is 50.6 Å². The van der Waals surface area contributed by atoms with Crippen LogP contribution in [-0.2, 0) is 24.6 Å². The van der Waals surface area contributed by atoms with Crippen LogP contribution in [0.4, 0.5) is 5.69 Å². The van der Waals surface area contributed by atoms with E-state index >= 15 is 0 Å². The normalized spacial score (nSPS) is 20.6. The summed E-state index contributed by atoms with van der Waals surface area (Å²) in [4.78, 5) is 4.27. The topological polar surface area (TPSA) is 78.0 Å². The first-order chi connectivity index (χ1) is 18.8. The van der Waals surface area contributed by atoms with Crippen molar-refractivity contribution in [3.63, 3.8) is 0 Å². The van der Waals surface area contributed by atoms with Gasteiger partial charge in [-0.2, -0.15) is 0 Å². The Morgan fingerprint density at radius 2 is 1.52 bits per heavy atom. The summed E-state index contributed by atoms with van der Waals surface area (Å²) in [7, 11) is -6.50. The fourth-order valence-electron chi connectivity index (χ4n) is 5.34. The molecule has 3 aromatic rings. The van der Waals surface area contributed by atoms with Gasteiger partial charge in [0.1, 0.15) is 9.64 Å². The number of sulfone groups is 1. The number of likely N-dealkylation sites (N-methyl/N-ethyl adjacent to an activating group) is 1. The highest BCUT2D eigenvalue weighted by Crippen LogP contribution is 2.55. The first kappa shape index (κ1) is 30.1. The van der Waals surface area contributed by atoms with Gasteiger partial charge in [0.15, 0.2) is 9.84 Å². The van der Waals surface area contributed by atoms with Crippen molar-refractivity contribution in [3.8, 4) is 0 Å². The van der Waals surface area contributed by atoms with Crippen LogP contribution in [0, 0.1) is 6.92 Å². The predicted molar refractivity (Wildman–Crippen MR) is 164 cm³/mol. The zero-order valence-corrected chi connectivity index (χ0v) is 27.2. The number of hydrogen-bond acceptors (Lipinski definition) is 6.